The lowest BCUT2D eigenvalue weighted by Crippen LogP contribution is -2.59. The Kier molecular flexibility index (Phi) is 8.71. The largest absolute Gasteiger partial charge is 0.313 e. The van der Waals surface area contributed by atoms with Crippen molar-refractivity contribution in [2.24, 2.45) is 47.3 Å². The lowest BCUT2D eigenvalue weighted by molar-refractivity contribution is 0.0129. The standard InChI is InChI=1S/C41H66N2P2Si/c1-46(2,3)35-11-10-30(36(24-35)41(44,37-8-4-6-12-42-37)38-9-5-7-13-43-38)25-45(39-31-16-26-14-27(18-31)19-32(39)17-26)40-33-20-28-15-29(22-33)23-34(40)21-28/h10-11,24,26-29,31-34,37-40,42-43H,4-9,12-23,25,44H2,1-3H3. The van der Waals surface area contributed by atoms with Crippen molar-refractivity contribution in [3.05, 3.63) is 29.3 Å². The maximum atomic E-state index is 4.16. The van der Waals surface area contributed by atoms with Gasteiger partial charge in [-0.1, -0.05) is 63.8 Å². The van der Waals surface area contributed by atoms with Crippen LogP contribution in [0.1, 0.15) is 114 Å². The first-order valence-corrected chi connectivity index (χ1v) is 26.1. The fourth-order valence-electron chi connectivity index (χ4n) is 14.2. The average molecular weight is 677 g/mol. The molecule has 46 heavy (non-hydrogen) atoms. The Morgan fingerprint density at radius 1 is 0.674 bits per heavy atom. The van der Waals surface area contributed by atoms with Gasteiger partial charge in [-0.15, -0.1) is 9.24 Å². The van der Waals surface area contributed by atoms with Crippen LogP contribution in [0, 0.1) is 47.3 Å². The second-order valence-corrected chi connectivity index (χ2v) is 28.1. The summed E-state index contributed by atoms with van der Waals surface area (Å²) < 4.78 is 0. The summed E-state index contributed by atoms with van der Waals surface area (Å²) in [4.78, 5) is 0. The molecule has 1 aromatic rings. The van der Waals surface area contributed by atoms with Gasteiger partial charge < -0.3 is 10.6 Å². The molecule has 0 aromatic heterocycles. The van der Waals surface area contributed by atoms with E-state index in [1.807, 2.05) is 5.56 Å². The highest BCUT2D eigenvalue weighted by molar-refractivity contribution is 7.58. The fraction of sp³-hybridized carbons (Fsp3) is 0.854. The van der Waals surface area contributed by atoms with E-state index in [1.54, 1.807) is 75.0 Å². The summed E-state index contributed by atoms with van der Waals surface area (Å²) in [6.45, 7) is 10.2. The van der Waals surface area contributed by atoms with Gasteiger partial charge in [-0.25, -0.2) is 0 Å². The Bertz CT molecular complexity index is 1150. The van der Waals surface area contributed by atoms with Gasteiger partial charge in [0.1, 0.15) is 0 Å². The van der Waals surface area contributed by atoms with Gasteiger partial charge in [-0.3, -0.25) is 0 Å². The first kappa shape index (κ1) is 32.1. The van der Waals surface area contributed by atoms with Gasteiger partial charge in [0, 0.05) is 17.2 Å². The Morgan fingerprint density at radius 3 is 1.52 bits per heavy atom. The number of rotatable bonds is 8. The third-order valence-corrected chi connectivity index (χ3v) is 22.8. The highest BCUT2D eigenvalue weighted by Crippen LogP contribution is 2.72. The van der Waals surface area contributed by atoms with Crippen LogP contribution >= 0.6 is 17.2 Å². The summed E-state index contributed by atoms with van der Waals surface area (Å²) in [5.74, 6) is 8.67. The van der Waals surface area contributed by atoms with E-state index in [0.717, 1.165) is 58.7 Å². The molecule has 8 saturated carbocycles. The molecule has 10 aliphatic rings. The molecule has 2 heterocycles. The van der Waals surface area contributed by atoms with Crippen LogP contribution in [0.15, 0.2) is 18.2 Å². The molecule has 8 aliphatic carbocycles. The summed E-state index contributed by atoms with van der Waals surface area (Å²) in [5, 5.41) is 10.1. The van der Waals surface area contributed by atoms with Crippen molar-refractivity contribution in [1.82, 2.24) is 10.6 Å². The maximum absolute atomic E-state index is 4.16. The summed E-state index contributed by atoms with van der Waals surface area (Å²) in [7, 11) is 2.18. The molecule has 11 rings (SSSR count). The quantitative estimate of drug-likeness (QED) is 0.212. The van der Waals surface area contributed by atoms with E-state index in [4.69, 9.17) is 0 Å². The molecule has 10 fully saturated rings. The third-order valence-electron chi connectivity index (χ3n) is 15.7. The highest BCUT2D eigenvalue weighted by atomic mass is 31.1. The summed E-state index contributed by atoms with van der Waals surface area (Å²) >= 11 is 0. The zero-order valence-electron chi connectivity index (χ0n) is 29.6. The molecular weight excluding hydrogens is 610 g/mol. The number of benzene rings is 1. The van der Waals surface area contributed by atoms with Crippen molar-refractivity contribution in [2.45, 2.75) is 157 Å². The zero-order valence-corrected chi connectivity index (χ0v) is 32.7. The number of piperidine rings is 2. The van der Waals surface area contributed by atoms with Crippen LogP contribution in [0.5, 0.6) is 0 Å². The molecule has 2 aliphatic heterocycles. The molecule has 8 bridgehead atoms. The average Bonchev–Trinajstić information content (AvgIpc) is 3.04. The SMILES string of the molecule is C[Si](C)(C)c1ccc(CP(C2C3CC4CC(C3)CC2C4)C2C3CC4CC(C3)CC2C4)c(C(P)(C2CCCCN2)C2CCCCN2)c1. The minimum absolute atomic E-state index is 0.0115. The monoisotopic (exact) mass is 676 g/mol. The van der Waals surface area contributed by atoms with E-state index < -0.39 is 8.07 Å². The molecule has 3 atom stereocenters. The van der Waals surface area contributed by atoms with Crippen LogP contribution in [0.3, 0.4) is 0 Å². The molecule has 2 saturated heterocycles. The number of hydrogen-bond donors (Lipinski definition) is 2. The predicted octanol–water partition coefficient (Wildman–Crippen LogP) is 9.22. The van der Waals surface area contributed by atoms with E-state index in [2.05, 4.69) is 57.7 Å². The molecule has 0 amide bonds. The Hall–Kier alpha value is 0.217. The lowest BCUT2D eigenvalue weighted by Gasteiger charge is -2.62. The van der Waals surface area contributed by atoms with Crippen molar-refractivity contribution in [2.75, 3.05) is 13.1 Å². The van der Waals surface area contributed by atoms with Crippen LogP contribution in [0.25, 0.3) is 0 Å². The minimum atomic E-state index is -1.46. The summed E-state index contributed by atoms with van der Waals surface area (Å²) in [6.07, 6.45) is 25.6. The molecule has 2 nitrogen and oxygen atoms in total. The molecule has 0 spiro atoms. The van der Waals surface area contributed by atoms with Crippen molar-refractivity contribution in [3.63, 3.8) is 0 Å². The fourth-order valence-corrected chi connectivity index (χ4v) is 20.8. The van der Waals surface area contributed by atoms with Crippen molar-refractivity contribution in [3.8, 4) is 0 Å². The van der Waals surface area contributed by atoms with E-state index in [9.17, 15) is 0 Å². The second kappa shape index (κ2) is 12.5. The van der Waals surface area contributed by atoms with Gasteiger partial charge in [-0.05, 0) is 179 Å². The van der Waals surface area contributed by atoms with Crippen LogP contribution in [-0.4, -0.2) is 44.6 Å². The van der Waals surface area contributed by atoms with Gasteiger partial charge in [0.05, 0.1) is 8.07 Å². The van der Waals surface area contributed by atoms with Gasteiger partial charge in [-0.2, -0.15) is 0 Å². The first-order valence-electron chi connectivity index (χ1n) is 20.4. The normalized spacial score (nSPS) is 45.1. The lowest BCUT2D eigenvalue weighted by atomic mass is 9.55. The van der Waals surface area contributed by atoms with Crippen LogP contribution in [0.2, 0.25) is 19.6 Å². The molecular formula is C41H66N2P2Si. The van der Waals surface area contributed by atoms with Crippen molar-refractivity contribution < 1.29 is 0 Å². The maximum Gasteiger partial charge on any atom is 0.0776 e. The minimum Gasteiger partial charge on any atom is -0.313 e. The Balaban J connectivity index is 1.15. The van der Waals surface area contributed by atoms with E-state index in [1.165, 1.54) is 57.8 Å². The highest BCUT2D eigenvalue weighted by Gasteiger charge is 2.57. The van der Waals surface area contributed by atoms with Gasteiger partial charge in [0.25, 0.3) is 0 Å². The van der Waals surface area contributed by atoms with Gasteiger partial charge >= 0.3 is 0 Å². The molecule has 3 unspecified atom stereocenters. The first-order chi connectivity index (χ1) is 22.2. The zero-order chi connectivity index (χ0) is 31.2. The molecule has 254 valence electrons. The smallest absolute Gasteiger partial charge is 0.0776 e. The molecule has 1 aromatic carbocycles. The third kappa shape index (κ3) is 5.62. The summed E-state index contributed by atoms with van der Waals surface area (Å²) in [5.41, 5.74) is 5.74. The Labute approximate surface area is 286 Å². The van der Waals surface area contributed by atoms with Gasteiger partial charge in [0.2, 0.25) is 0 Å². The van der Waals surface area contributed by atoms with Crippen molar-refractivity contribution >= 4 is 30.4 Å². The summed E-state index contributed by atoms with van der Waals surface area (Å²) in [6, 6.07) is 9.37. The molecule has 2 N–H and O–H groups in total. The van der Waals surface area contributed by atoms with E-state index in [0.29, 0.717) is 12.1 Å². The van der Waals surface area contributed by atoms with Crippen LogP contribution in [0.4, 0.5) is 0 Å². The molecule has 0 radical (unpaired) electrons. The predicted molar refractivity (Wildman–Crippen MR) is 204 cm³/mol. The molecule has 5 heteroatoms. The van der Waals surface area contributed by atoms with Gasteiger partial charge in [0.15, 0.2) is 0 Å². The number of nitrogens with one attached hydrogen (secondary N) is 2. The second-order valence-electron chi connectivity index (χ2n) is 19.6. The van der Waals surface area contributed by atoms with E-state index >= 15 is 0 Å². The topological polar surface area (TPSA) is 24.1 Å². The van der Waals surface area contributed by atoms with Crippen LogP contribution < -0.4 is 15.8 Å². The van der Waals surface area contributed by atoms with Crippen molar-refractivity contribution in [1.29, 1.82) is 0 Å². The Morgan fingerprint density at radius 2 is 1.13 bits per heavy atom. The van der Waals surface area contributed by atoms with E-state index in [-0.39, 0.29) is 13.1 Å². The van der Waals surface area contributed by atoms with Crippen LogP contribution in [-0.2, 0) is 11.3 Å². The number of hydrogen-bond acceptors (Lipinski definition) is 2.